The number of nitrogen functional groups attached to an aromatic ring is 1. The van der Waals surface area contributed by atoms with Crippen LogP contribution in [0.15, 0.2) is 90.3 Å². The largest absolute Gasteiger partial charge is 0.491 e. The van der Waals surface area contributed by atoms with Crippen molar-refractivity contribution in [1.29, 1.82) is 0 Å². The van der Waals surface area contributed by atoms with Crippen LogP contribution < -0.4 is 21.3 Å². The number of ketones is 1. The summed E-state index contributed by atoms with van der Waals surface area (Å²) in [5, 5.41) is 7.51. The lowest BCUT2D eigenvalue weighted by Crippen LogP contribution is -2.26. The fraction of sp³-hybridized carbons (Fsp3) is 0.138. The summed E-state index contributed by atoms with van der Waals surface area (Å²) in [7, 11) is 1.49. The van der Waals surface area contributed by atoms with Crippen molar-refractivity contribution in [1.82, 2.24) is 34.3 Å². The van der Waals surface area contributed by atoms with E-state index >= 15 is 0 Å². The Kier molecular flexibility index (Phi) is 8.19. The number of nitrogens with two attached hydrogens (primary N) is 1. The minimum absolute atomic E-state index is 0.109. The van der Waals surface area contributed by atoms with E-state index in [9.17, 15) is 9.59 Å². The zero-order chi connectivity index (χ0) is 28.6. The van der Waals surface area contributed by atoms with Gasteiger partial charge in [0.2, 0.25) is 17.7 Å². The topological polar surface area (TPSA) is 156 Å². The standard InChI is InChI=1S/C29H27N9O3/c1-41-24-18-32-25(34-26(24)38-28(30)35-29(36-38)33-21-10-3-2-4-11-21)14-6-5-13-23(39)22-12-8-16-37(27(22)40)19-20-9-7-15-31-17-20/h2-4,6-12,14-18H,5,13,19H2,1H3,(H3,30,33,35,36)/b14-6+. The Morgan fingerprint density at radius 3 is 2.71 bits per heavy atom. The molecule has 1 aromatic carbocycles. The maximum absolute atomic E-state index is 12.9. The molecule has 0 radical (unpaired) electrons. The van der Waals surface area contributed by atoms with Gasteiger partial charge in [0.1, 0.15) is 0 Å². The van der Waals surface area contributed by atoms with Crippen LogP contribution in [-0.4, -0.2) is 47.2 Å². The van der Waals surface area contributed by atoms with Crippen LogP contribution in [0, 0.1) is 0 Å². The highest BCUT2D eigenvalue weighted by atomic mass is 16.5. The van der Waals surface area contributed by atoms with Gasteiger partial charge in [-0.2, -0.15) is 9.67 Å². The van der Waals surface area contributed by atoms with E-state index in [4.69, 9.17) is 10.5 Å². The molecular weight excluding hydrogens is 522 g/mol. The number of aromatic nitrogens is 7. The van der Waals surface area contributed by atoms with Gasteiger partial charge in [0.15, 0.2) is 17.4 Å². The Morgan fingerprint density at radius 2 is 1.93 bits per heavy atom. The first-order valence-electron chi connectivity index (χ1n) is 12.8. The molecule has 3 N–H and O–H groups in total. The average molecular weight is 550 g/mol. The van der Waals surface area contributed by atoms with Crippen molar-refractivity contribution in [3.63, 3.8) is 0 Å². The van der Waals surface area contributed by atoms with E-state index in [0.29, 0.717) is 36.3 Å². The number of carbonyl (C=O) groups excluding carboxylic acids is 1. The fourth-order valence-corrected chi connectivity index (χ4v) is 4.03. The van der Waals surface area contributed by atoms with E-state index in [1.807, 2.05) is 36.4 Å². The summed E-state index contributed by atoms with van der Waals surface area (Å²) >= 11 is 0. The molecule has 5 rings (SSSR count). The van der Waals surface area contributed by atoms with Crippen molar-refractivity contribution >= 4 is 29.4 Å². The summed E-state index contributed by atoms with van der Waals surface area (Å²) in [6, 6.07) is 16.4. The third kappa shape index (κ3) is 6.50. The SMILES string of the molecule is COc1cnc(/C=C/CCC(=O)c2cccn(Cc3cccnc3)c2=O)nc1-n1nc(Nc2ccccc2)nc1N. The number of nitrogens with one attached hydrogen (secondary N) is 1. The molecule has 0 amide bonds. The lowest BCUT2D eigenvalue weighted by atomic mass is 10.1. The first kappa shape index (κ1) is 26.9. The third-order valence-electron chi connectivity index (χ3n) is 6.04. The second-order valence-electron chi connectivity index (χ2n) is 8.90. The summed E-state index contributed by atoms with van der Waals surface area (Å²) in [6.45, 7) is 0.338. The van der Waals surface area contributed by atoms with Crippen molar-refractivity contribution < 1.29 is 9.53 Å². The van der Waals surface area contributed by atoms with E-state index in [2.05, 4.69) is 30.4 Å². The Labute approximate surface area is 235 Å². The Morgan fingerprint density at radius 1 is 1.07 bits per heavy atom. The van der Waals surface area contributed by atoms with Crippen molar-refractivity contribution in [3.8, 4) is 11.6 Å². The molecule has 0 saturated heterocycles. The van der Waals surface area contributed by atoms with Gasteiger partial charge in [-0.3, -0.25) is 14.6 Å². The second-order valence-corrected chi connectivity index (χ2v) is 8.90. The molecule has 0 aliphatic carbocycles. The lowest BCUT2D eigenvalue weighted by molar-refractivity contribution is 0.0981. The molecule has 0 bridgehead atoms. The molecule has 4 heterocycles. The Balaban J connectivity index is 1.26. The number of ether oxygens (including phenoxy) is 1. The van der Waals surface area contributed by atoms with Crippen molar-refractivity contribution in [2.24, 2.45) is 0 Å². The summed E-state index contributed by atoms with van der Waals surface area (Å²) in [5.41, 5.74) is 7.62. The highest BCUT2D eigenvalue weighted by Gasteiger charge is 2.16. The molecular formula is C29H27N9O3. The molecule has 0 fully saturated rings. The minimum Gasteiger partial charge on any atom is -0.491 e. The number of anilines is 3. The number of hydrogen-bond donors (Lipinski definition) is 2. The molecule has 0 aliphatic rings. The van der Waals surface area contributed by atoms with Crippen LogP contribution in [0.25, 0.3) is 11.9 Å². The summed E-state index contributed by atoms with van der Waals surface area (Å²) in [5.74, 6) is 1.18. The molecule has 0 unspecified atom stereocenters. The lowest BCUT2D eigenvalue weighted by Gasteiger charge is -2.08. The predicted octanol–water partition coefficient (Wildman–Crippen LogP) is 3.67. The molecule has 206 valence electrons. The van der Waals surface area contributed by atoms with Crippen molar-refractivity contribution in [2.75, 3.05) is 18.2 Å². The summed E-state index contributed by atoms with van der Waals surface area (Å²) < 4.78 is 8.27. The normalized spacial score (nSPS) is 11.0. The van der Waals surface area contributed by atoms with Crippen LogP contribution in [0.2, 0.25) is 0 Å². The number of nitrogens with zero attached hydrogens (tertiary/aromatic N) is 7. The van der Waals surface area contributed by atoms with Gasteiger partial charge in [-0.1, -0.05) is 30.3 Å². The van der Waals surface area contributed by atoms with Crippen LogP contribution in [0.5, 0.6) is 5.75 Å². The number of para-hydroxylation sites is 1. The quantitative estimate of drug-likeness (QED) is 0.233. The number of Topliss-reactive ketones (excluding diaryl/α,β-unsaturated/α-hetero) is 1. The number of rotatable bonds is 11. The van der Waals surface area contributed by atoms with Gasteiger partial charge >= 0.3 is 0 Å². The Hall–Kier alpha value is -5.65. The maximum Gasteiger partial charge on any atom is 0.261 e. The van der Waals surface area contributed by atoms with Crippen molar-refractivity contribution in [2.45, 2.75) is 19.4 Å². The van der Waals surface area contributed by atoms with E-state index in [-0.39, 0.29) is 29.3 Å². The zero-order valence-corrected chi connectivity index (χ0v) is 22.2. The number of allylic oxidation sites excluding steroid dienone is 1. The third-order valence-corrected chi connectivity index (χ3v) is 6.04. The molecule has 0 saturated carbocycles. The van der Waals surface area contributed by atoms with E-state index in [1.54, 1.807) is 48.9 Å². The average Bonchev–Trinajstić information content (AvgIpc) is 3.36. The van der Waals surface area contributed by atoms with Crippen LogP contribution >= 0.6 is 0 Å². The predicted molar refractivity (Wildman–Crippen MR) is 154 cm³/mol. The highest BCUT2D eigenvalue weighted by Crippen LogP contribution is 2.23. The molecule has 12 heteroatoms. The van der Waals surface area contributed by atoms with Gasteiger partial charge in [-0.05, 0) is 48.4 Å². The van der Waals surface area contributed by atoms with Crippen molar-refractivity contribution in [3.05, 3.63) is 113 Å². The molecule has 5 aromatic rings. The van der Waals surface area contributed by atoms with E-state index < -0.39 is 0 Å². The van der Waals surface area contributed by atoms with Crippen LogP contribution in [0.4, 0.5) is 17.6 Å². The molecule has 0 spiro atoms. The van der Waals surface area contributed by atoms with E-state index in [0.717, 1.165) is 11.3 Å². The molecule has 4 aromatic heterocycles. The van der Waals surface area contributed by atoms with Crippen LogP contribution in [0.1, 0.15) is 34.6 Å². The fourth-order valence-electron chi connectivity index (χ4n) is 4.03. The molecule has 0 atom stereocenters. The zero-order valence-electron chi connectivity index (χ0n) is 22.2. The van der Waals surface area contributed by atoms with Gasteiger partial charge in [-0.25, -0.2) is 9.97 Å². The van der Waals surface area contributed by atoms with Crippen LogP contribution in [-0.2, 0) is 6.54 Å². The second kappa shape index (κ2) is 12.5. The van der Waals surface area contributed by atoms with Gasteiger partial charge < -0.3 is 20.4 Å². The summed E-state index contributed by atoms with van der Waals surface area (Å²) in [6.07, 6.45) is 10.5. The first-order valence-corrected chi connectivity index (χ1v) is 12.8. The van der Waals surface area contributed by atoms with Gasteiger partial charge in [0, 0.05) is 30.7 Å². The maximum atomic E-state index is 12.9. The highest BCUT2D eigenvalue weighted by molar-refractivity contribution is 5.95. The molecule has 41 heavy (non-hydrogen) atoms. The monoisotopic (exact) mass is 549 g/mol. The first-order chi connectivity index (χ1) is 20.0. The summed E-state index contributed by atoms with van der Waals surface area (Å²) in [4.78, 5) is 42.9. The minimum atomic E-state index is -0.333. The smallest absolute Gasteiger partial charge is 0.261 e. The van der Waals surface area contributed by atoms with Gasteiger partial charge in [-0.15, -0.1) is 5.10 Å². The molecule has 12 nitrogen and oxygen atoms in total. The number of carbonyl (C=O) groups is 1. The van der Waals surface area contributed by atoms with Gasteiger partial charge in [0.05, 0.1) is 25.4 Å². The van der Waals surface area contributed by atoms with Gasteiger partial charge in [0.25, 0.3) is 5.56 Å². The van der Waals surface area contributed by atoms with Crippen LogP contribution in [0.3, 0.4) is 0 Å². The van der Waals surface area contributed by atoms with E-state index in [1.165, 1.54) is 22.6 Å². The number of pyridine rings is 2. The number of methoxy groups -OCH3 is 1. The number of hydrogen-bond acceptors (Lipinski definition) is 10. The molecule has 0 aliphatic heterocycles. The number of benzene rings is 1. The Bertz CT molecular complexity index is 1730.